The van der Waals surface area contributed by atoms with Gasteiger partial charge in [0.25, 0.3) is 0 Å². The van der Waals surface area contributed by atoms with Crippen LogP contribution in [0.4, 0.5) is 0 Å². The number of fused-ring (bicyclic) bond motifs is 1. The van der Waals surface area contributed by atoms with Crippen molar-refractivity contribution in [3.8, 4) is 0 Å². The topological polar surface area (TPSA) is 42.9 Å². The van der Waals surface area contributed by atoms with Crippen molar-refractivity contribution in [1.29, 1.82) is 0 Å². The van der Waals surface area contributed by atoms with Gasteiger partial charge in [0, 0.05) is 5.56 Å². The molecular weight excluding hydrogens is 224 g/mol. The van der Waals surface area contributed by atoms with Crippen molar-refractivity contribution >= 4 is 16.8 Å². The first kappa shape index (κ1) is 10.6. The van der Waals surface area contributed by atoms with Gasteiger partial charge in [-0.3, -0.25) is 9.78 Å². The van der Waals surface area contributed by atoms with Crippen LogP contribution in [0.5, 0.6) is 0 Å². The minimum absolute atomic E-state index is 0.103. The first-order chi connectivity index (χ1) is 8.84. The van der Waals surface area contributed by atoms with E-state index in [1.807, 2.05) is 42.5 Å². The fourth-order valence-corrected chi connectivity index (χ4v) is 1.80. The Balaban J connectivity index is 2.07. The molecule has 0 spiro atoms. The van der Waals surface area contributed by atoms with Crippen LogP contribution in [-0.2, 0) is 0 Å². The van der Waals surface area contributed by atoms with Gasteiger partial charge in [0.1, 0.15) is 5.69 Å². The lowest BCUT2D eigenvalue weighted by Gasteiger charge is -2.01. The smallest absolute Gasteiger partial charge is 0.212 e. The fraction of sp³-hybridized carbons (Fsp3) is 0. The second kappa shape index (κ2) is 4.37. The van der Waals surface area contributed by atoms with Crippen LogP contribution in [0.25, 0.3) is 11.0 Å². The molecular formula is C15H10N2O. The lowest BCUT2D eigenvalue weighted by Crippen LogP contribution is -2.04. The summed E-state index contributed by atoms with van der Waals surface area (Å²) in [7, 11) is 0. The normalized spacial score (nSPS) is 10.4. The third kappa shape index (κ3) is 1.86. The first-order valence-electron chi connectivity index (χ1n) is 5.66. The minimum atomic E-state index is -0.103. The van der Waals surface area contributed by atoms with Crippen LogP contribution in [0.2, 0.25) is 0 Å². The molecule has 0 aliphatic heterocycles. The molecule has 0 amide bonds. The van der Waals surface area contributed by atoms with Crippen molar-refractivity contribution in [2.75, 3.05) is 0 Å². The Morgan fingerprint density at radius 1 is 0.833 bits per heavy atom. The molecule has 3 heteroatoms. The van der Waals surface area contributed by atoms with Crippen molar-refractivity contribution < 1.29 is 4.79 Å². The third-order valence-corrected chi connectivity index (χ3v) is 2.72. The van der Waals surface area contributed by atoms with E-state index in [1.54, 1.807) is 12.1 Å². The zero-order valence-corrected chi connectivity index (χ0v) is 9.58. The zero-order valence-electron chi connectivity index (χ0n) is 9.58. The number of carbonyl (C=O) groups excluding carboxylic acids is 1. The number of ketones is 1. The van der Waals surface area contributed by atoms with Gasteiger partial charge in [-0.15, -0.1) is 0 Å². The number of benzene rings is 2. The Morgan fingerprint density at radius 2 is 1.50 bits per heavy atom. The van der Waals surface area contributed by atoms with Gasteiger partial charge in [-0.25, -0.2) is 4.98 Å². The van der Waals surface area contributed by atoms with Crippen molar-refractivity contribution in [3.05, 3.63) is 72.1 Å². The molecule has 3 nitrogen and oxygen atoms in total. The average Bonchev–Trinajstić information content (AvgIpc) is 2.47. The summed E-state index contributed by atoms with van der Waals surface area (Å²) in [5.74, 6) is -0.103. The molecule has 0 aliphatic carbocycles. The zero-order chi connectivity index (χ0) is 12.4. The van der Waals surface area contributed by atoms with Crippen LogP contribution in [0.15, 0.2) is 60.8 Å². The van der Waals surface area contributed by atoms with Gasteiger partial charge in [0.2, 0.25) is 5.78 Å². The second-order valence-corrected chi connectivity index (χ2v) is 3.94. The maximum atomic E-state index is 12.2. The molecule has 18 heavy (non-hydrogen) atoms. The molecule has 0 fully saturated rings. The van der Waals surface area contributed by atoms with Crippen LogP contribution in [-0.4, -0.2) is 15.8 Å². The SMILES string of the molecule is O=C(c1ccccc1)c1cnc2ccccc2n1. The Kier molecular flexibility index (Phi) is 2.57. The third-order valence-electron chi connectivity index (χ3n) is 2.72. The van der Waals surface area contributed by atoms with Gasteiger partial charge >= 0.3 is 0 Å². The highest BCUT2D eigenvalue weighted by Crippen LogP contribution is 2.11. The maximum absolute atomic E-state index is 12.2. The predicted molar refractivity (Wildman–Crippen MR) is 69.4 cm³/mol. The largest absolute Gasteiger partial charge is 0.287 e. The van der Waals surface area contributed by atoms with E-state index in [9.17, 15) is 4.79 Å². The van der Waals surface area contributed by atoms with E-state index in [4.69, 9.17) is 0 Å². The Labute approximate surface area is 104 Å². The predicted octanol–water partition coefficient (Wildman–Crippen LogP) is 2.86. The minimum Gasteiger partial charge on any atom is -0.287 e. The van der Waals surface area contributed by atoms with Crippen LogP contribution >= 0.6 is 0 Å². The maximum Gasteiger partial charge on any atom is 0.212 e. The first-order valence-corrected chi connectivity index (χ1v) is 5.66. The van der Waals surface area contributed by atoms with E-state index in [1.165, 1.54) is 6.20 Å². The number of rotatable bonds is 2. The average molecular weight is 234 g/mol. The van der Waals surface area contributed by atoms with Crippen molar-refractivity contribution in [3.63, 3.8) is 0 Å². The lowest BCUT2D eigenvalue weighted by molar-refractivity contribution is 0.103. The highest BCUT2D eigenvalue weighted by molar-refractivity contribution is 6.08. The van der Waals surface area contributed by atoms with Crippen LogP contribution in [0, 0.1) is 0 Å². The Hall–Kier alpha value is -2.55. The molecule has 1 aromatic heterocycles. The summed E-state index contributed by atoms with van der Waals surface area (Å²) in [6.07, 6.45) is 1.53. The Bertz CT molecular complexity index is 708. The van der Waals surface area contributed by atoms with Gasteiger partial charge in [-0.05, 0) is 12.1 Å². The quantitative estimate of drug-likeness (QED) is 0.640. The standard InChI is InChI=1S/C15H10N2O/c18-15(11-6-2-1-3-7-11)14-10-16-12-8-4-5-9-13(12)17-14/h1-10H. The second-order valence-electron chi connectivity index (χ2n) is 3.94. The molecule has 0 unspecified atom stereocenters. The molecule has 86 valence electrons. The molecule has 0 bridgehead atoms. The number of aromatic nitrogens is 2. The summed E-state index contributed by atoms with van der Waals surface area (Å²) >= 11 is 0. The summed E-state index contributed by atoms with van der Waals surface area (Å²) in [6, 6.07) is 16.6. The Morgan fingerprint density at radius 3 is 2.28 bits per heavy atom. The van der Waals surface area contributed by atoms with E-state index < -0.39 is 0 Å². The summed E-state index contributed by atoms with van der Waals surface area (Å²) in [4.78, 5) is 20.8. The lowest BCUT2D eigenvalue weighted by atomic mass is 10.1. The highest BCUT2D eigenvalue weighted by atomic mass is 16.1. The molecule has 3 rings (SSSR count). The van der Waals surface area contributed by atoms with E-state index in [0.29, 0.717) is 11.3 Å². The van der Waals surface area contributed by atoms with E-state index in [2.05, 4.69) is 9.97 Å². The summed E-state index contributed by atoms with van der Waals surface area (Å²) in [5.41, 5.74) is 2.53. The molecule has 0 saturated heterocycles. The number of hydrogen-bond acceptors (Lipinski definition) is 3. The molecule has 0 saturated carbocycles. The van der Waals surface area contributed by atoms with Crippen LogP contribution < -0.4 is 0 Å². The number of hydrogen-bond donors (Lipinski definition) is 0. The van der Waals surface area contributed by atoms with Crippen molar-refractivity contribution in [1.82, 2.24) is 9.97 Å². The van der Waals surface area contributed by atoms with Gasteiger partial charge in [-0.1, -0.05) is 42.5 Å². The molecule has 0 atom stereocenters. The van der Waals surface area contributed by atoms with E-state index in [0.717, 1.165) is 11.0 Å². The molecule has 0 aliphatic rings. The van der Waals surface area contributed by atoms with Crippen LogP contribution in [0.3, 0.4) is 0 Å². The summed E-state index contributed by atoms with van der Waals surface area (Å²) in [5, 5.41) is 0. The number of carbonyl (C=O) groups is 1. The van der Waals surface area contributed by atoms with Crippen molar-refractivity contribution in [2.45, 2.75) is 0 Å². The molecule has 3 aromatic rings. The van der Waals surface area contributed by atoms with E-state index in [-0.39, 0.29) is 5.78 Å². The van der Waals surface area contributed by atoms with Crippen molar-refractivity contribution in [2.24, 2.45) is 0 Å². The van der Waals surface area contributed by atoms with Gasteiger partial charge in [0.05, 0.1) is 17.2 Å². The van der Waals surface area contributed by atoms with Gasteiger partial charge in [-0.2, -0.15) is 0 Å². The summed E-state index contributed by atoms with van der Waals surface area (Å²) < 4.78 is 0. The van der Waals surface area contributed by atoms with E-state index >= 15 is 0 Å². The van der Waals surface area contributed by atoms with Crippen LogP contribution in [0.1, 0.15) is 16.1 Å². The summed E-state index contributed by atoms with van der Waals surface area (Å²) in [6.45, 7) is 0. The number of para-hydroxylation sites is 2. The molecule has 0 radical (unpaired) electrons. The molecule has 0 N–H and O–H groups in total. The molecule has 1 heterocycles. The fourth-order valence-electron chi connectivity index (χ4n) is 1.80. The number of nitrogens with zero attached hydrogens (tertiary/aromatic N) is 2. The van der Waals surface area contributed by atoms with Gasteiger partial charge in [0.15, 0.2) is 0 Å². The highest BCUT2D eigenvalue weighted by Gasteiger charge is 2.10. The van der Waals surface area contributed by atoms with Gasteiger partial charge < -0.3 is 0 Å². The monoisotopic (exact) mass is 234 g/mol. The molecule has 2 aromatic carbocycles.